The summed E-state index contributed by atoms with van der Waals surface area (Å²) < 4.78 is 1.80. The van der Waals surface area contributed by atoms with Gasteiger partial charge < -0.3 is 10.4 Å². The van der Waals surface area contributed by atoms with E-state index in [2.05, 4.69) is 29.4 Å². The van der Waals surface area contributed by atoms with E-state index < -0.39 is 5.97 Å². The maximum absolute atomic E-state index is 11.6. The van der Waals surface area contributed by atoms with Crippen molar-refractivity contribution in [3.8, 4) is 16.9 Å². The minimum absolute atomic E-state index is 0.101. The van der Waals surface area contributed by atoms with Gasteiger partial charge in [0.15, 0.2) is 0 Å². The predicted molar refractivity (Wildman–Crippen MR) is 118 cm³/mol. The Morgan fingerprint density at radius 1 is 1.07 bits per heavy atom. The highest BCUT2D eigenvalue weighted by atomic mass is 16.4. The monoisotopic (exact) mass is 398 g/mol. The van der Waals surface area contributed by atoms with Gasteiger partial charge in [-0.15, -0.1) is 0 Å². The molecule has 2 N–H and O–H groups in total. The molecular formula is C24H22N4O2. The maximum atomic E-state index is 11.6. The van der Waals surface area contributed by atoms with Crippen molar-refractivity contribution in [1.29, 1.82) is 0 Å². The molecule has 0 aliphatic carbocycles. The minimum Gasteiger partial charge on any atom is -0.478 e. The highest BCUT2D eigenvalue weighted by Crippen LogP contribution is 2.29. The molecule has 0 atom stereocenters. The van der Waals surface area contributed by atoms with Crippen LogP contribution in [0.5, 0.6) is 0 Å². The Morgan fingerprint density at radius 3 is 2.67 bits per heavy atom. The number of anilines is 2. The van der Waals surface area contributed by atoms with Gasteiger partial charge in [0, 0.05) is 17.8 Å². The molecule has 0 aliphatic heterocycles. The van der Waals surface area contributed by atoms with E-state index in [1.54, 1.807) is 16.9 Å². The molecular weight excluding hydrogens is 376 g/mol. The number of pyridine rings is 1. The molecule has 2 heterocycles. The fourth-order valence-electron chi connectivity index (χ4n) is 3.35. The van der Waals surface area contributed by atoms with Gasteiger partial charge in [-0.2, -0.15) is 5.10 Å². The summed E-state index contributed by atoms with van der Waals surface area (Å²) in [4.78, 5) is 15.8. The maximum Gasteiger partial charge on any atom is 0.339 e. The van der Waals surface area contributed by atoms with E-state index in [1.807, 2.05) is 49.4 Å². The van der Waals surface area contributed by atoms with Gasteiger partial charge in [0.1, 0.15) is 17.2 Å². The third kappa shape index (κ3) is 3.80. The van der Waals surface area contributed by atoms with Crippen molar-refractivity contribution < 1.29 is 9.90 Å². The number of aryl methyl sites for hydroxylation is 2. The molecule has 0 spiro atoms. The molecule has 0 bridgehead atoms. The Morgan fingerprint density at radius 2 is 1.90 bits per heavy atom. The Labute approximate surface area is 174 Å². The lowest BCUT2D eigenvalue weighted by Crippen LogP contribution is -2.08. The number of nitrogens with zero attached hydrogens (tertiary/aromatic N) is 3. The molecule has 2 aromatic heterocycles. The van der Waals surface area contributed by atoms with Crippen LogP contribution in [-0.4, -0.2) is 25.8 Å². The SMILES string of the molecule is CCc1cccc(-c2cc(Nc3ncccc3C(=O)O)n(-c3ccccc3C)n2)c1. The topological polar surface area (TPSA) is 80.0 Å². The van der Waals surface area contributed by atoms with Crippen molar-refractivity contribution in [2.75, 3.05) is 5.32 Å². The number of aromatic carboxylic acids is 1. The fourth-order valence-corrected chi connectivity index (χ4v) is 3.35. The molecule has 0 saturated heterocycles. The first kappa shape index (κ1) is 19.4. The number of carboxylic acid groups (broad SMARTS) is 1. The first-order valence-electron chi connectivity index (χ1n) is 9.77. The van der Waals surface area contributed by atoms with Gasteiger partial charge in [0.05, 0.1) is 11.4 Å². The largest absolute Gasteiger partial charge is 0.478 e. The molecule has 4 aromatic rings. The standard InChI is InChI=1S/C24H22N4O2/c1-3-17-9-6-10-18(14-17)20-15-22(26-23-19(24(29)30)11-7-13-25-23)28(27-20)21-12-5-4-8-16(21)2/h4-15H,3H2,1-2H3,(H,25,26)(H,29,30). The number of carbonyl (C=O) groups is 1. The van der Waals surface area contributed by atoms with Crippen LogP contribution in [0.2, 0.25) is 0 Å². The normalized spacial score (nSPS) is 10.7. The van der Waals surface area contributed by atoms with E-state index in [0.717, 1.165) is 28.9 Å². The summed E-state index contributed by atoms with van der Waals surface area (Å²) in [6.45, 7) is 4.13. The number of hydrogen-bond donors (Lipinski definition) is 2. The average Bonchev–Trinajstić information content (AvgIpc) is 3.18. The summed E-state index contributed by atoms with van der Waals surface area (Å²) in [5.41, 5.74) is 5.09. The molecule has 2 aromatic carbocycles. The summed E-state index contributed by atoms with van der Waals surface area (Å²) in [5, 5.41) is 17.5. The van der Waals surface area contributed by atoms with Crippen LogP contribution in [0.1, 0.15) is 28.4 Å². The number of para-hydroxylation sites is 1. The van der Waals surface area contributed by atoms with Gasteiger partial charge in [0.25, 0.3) is 0 Å². The molecule has 0 aliphatic rings. The molecule has 4 rings (SSSR count). The van der Waals surface area contributed by atoms with Gasteiger partial charge >= 0.3 is 5.97 Å². The van der Waals surface area contributed by atoms with Crippen molar-refractivity contribution in [3.05, 3.63) is 89.6 Å². The molecule has 6 heteroatoms. The number of nitrogens with one attached hydrogen (secondary N) is 1. The summed E-state index contributed by atoms with van der Waals surface area (Å²) in [6, 6.07) is 21.2. The van der Waals surface area contributed by atoms with Gasteiger partial charge in [-0.25, -0.2) is 14.5 Å². The van der Waals surface area contributed by atoms with Crippen LogP contribution in [0, 0.1) is 6.92 Å². The molecule has 6 nitrogen and oxygen atoms in total. The number of aromatic nitrogens is 3. The highest BCUT2D eigenvalue weighted by Gasteiger charge is 2.17. The third-order valence-corrected chi connectivity index (χ3v) is 4.97. The van der Waals surface area contributed by atoms with E-state index in [0.29, 0.717) is 5.82 Å². The predicted octanol–water partition coefficient (Wildman–Crippen LogP) is 5.25. The second-order valence-corrected chi connectivity index (χ2v) is 7.00. The molecule has 0 fully saturated rings. The second kappa shape index (κ2) is 8.21. The van der Waals surface area contributed by atoms with Crippen molar-refractivity contribution in [2.45, 2.75) is 20.3 Å². The van der Waals surface area contributed by atoms with Crippen LogP contribution >= 0.6 is 0 Å². The van der Waals surface area contributed by atoms with Gasteiger partial charge in [-0.3, -0.25) is 0 Å². The van der Waals surface area contributed by atoms with Crippen LogP contribution in [0.25, 0.3) is 16.9 Å². The zero-order chi connectivity index (χ0) is 21.1. The lowest BCUT2D eigenvalue weighted by Gasteiger charge is -2.12. The van der Waals surface area contributed by atoms with Crippen molar-refractivity contribution in [1.82, 2.24) is 14.8 Å². The minimum atomic E-state index is -1.04. The first-order chi connectivity index (χ1) is 14.6. The fraction of sp³-hybridized carbons (Fsp3) is 0.125. The Hall–Kier alpha value is -3.93. The van der Waals surface area contributed by atoms with E-state index in [-0.39, 0.29) is 11.4 Å². The van der Waals surface area contributed by atoms with E-state index >= 15 is 0 Å². The average molecular weight is 398 g/mol. The van der Waals surface area contributed by atoms with E-state index in [4.69, 9.17) is 5.10 Å². The lowest BCUT2D eigenvalue weighted by molar-refractivity contribution is 0.0697. The van der Waals surface area contributed by atoms with E-state index in [1.165, 1.54) is 11.6 Å². The van der Waals surface area contributed by atoms with Crippen molar-refractivity contribution >= 4 is 17.6 Å². The number of rotatable bonds is 6. The molecule has 150 valence electrons. The van der Waals surface area contributed by atoms with Crippen LogP contribution in [-0.2, 0) is 6.42 Å². The smallest absolute Gasteiger partial charge is 0.339 e. The van der Waals surface area contributed by atoms with Crippen LogP contribution in [0.4, 0.5) is 11.6 Å². The number of benzene rings is 2. The quantitative estimate of drug-likeness (QED) is 0.464. The summed E-state index contributed by atoms with van der Waals surface area (Å²) >= 11 is 0. The van der Waals surface area contributed by atoms with Crippen molar-refractivity contribution in [3.63, 3.8) is 0 Å². The Kier molecular flexibility index (Phi) is 5.30. The molecule has 0 amide bonds. The van der Waals surface area contributed by atoms with Gasteiger partial charge in [-0.05, 0) is 48.7 Å². The zero-order valence-corrected chi connectivity index (χ0v) is 16.8. The van der Waals surface area contributed by atoms with Gasteiger partial charge in [0.2, 0.25) is 0 Å². The lowest BCUT2D eigenvalue weighted by atomic mass is 10.1. The summed E-state index contributed by atoms with van der Waals surface area (Å²) in [7, 11) is 0. The molecule has 30 heavy (non-hydrogen) atoms. The number of carboxylic acids is 1. The molecule has 0 unspecified atom stereocenters. The van der Waals surface area contributed by atoms with Gasteiger partial charge in [-0.1, -0.05) is 43.3 Å². The van der Waals surface area contributed by atoms with E-state index in [9.17, 15) is 9.90 Å². The Balaban J connectivity index is 1.85. The zero-order valence-electron chi connectivity index (χ0n) is 16.8. The first-order valence-corrected chi connectivity index (χ1v) is 9.77. The van der Waals surface area contributed by atoms with Crippen LogP contribution in [0.3, 0.4) is 0 Å². The molecule has 0 saturated carbocycles. The number of hydrogen-bond acceptors (Lipinski definition) is 4. The second-order valence-electron chi connectivity index (χ2n) is 7.00. The molecule has 0 radical (unpaired) electrons. The van der Waals surface area contributed by atoms with Crippen molar-refractivity contribution in [2.24, 2.45) is 0 Å². The summed E-state index contributed by atoms with van der Waals surface area (Å²) in [5.74, 6) is -0.126. The Bertz CT molecular complexity index is 1210. The highest BCUT2D eigenvalue weighted by molar-refractivity contribution is 5.93. The van der Waals surface area contributed by atoms with Crippen LogP contribution < -0.4 is 5.32 Å². The summed E-state index contributed by atoms with van der Waals surface area (Å²) in [6.07, 6.45) is 2.50. The van der Waals surface area contributed by atoms with Crippen LogP contribution in [0.15, 0.2) is 72.9 Å². The third-order valence-electron chi connectivity index (χ3n) is 4.97.